The number of quaternary nitrogens is 1. The van der Waals surface area contributed by atoms with E-state index < -0.39 is 0 Å². The first-order valence-electron chi connectivity index (χ1n) is 14.3. The second-order valence-electron chi connectivity index (χ2n) is 10.0. The highest BCUT2D eigenvalue weighted by Gasteiger charge is 2.22. The van der Waals surface area contributed by atoms with Crippen LogP contribution in [0.2, 0.25) is 0 Å². The Kier molecular flexibility index (Phi) is 22.7. The molecular weight excluding hydrogens is 394 g/mol. The summed E-state index contributed by atoms with van der Waals surface area (Å²) in [6.07, 6.45) is 10.7. The number of hydrazine groups is 1. The average Bonchev–Trinajstić information content (AvgIpc) is 2.82. The maximum absolute atomic E-state index is 5.68. The number of nitrogens with two attached hydrogens (primary N) is 1. The van der Waals surface area contributed by atoms with Gasteiger partial charge in [-0.3, -0.25) is 0 Å². The first-order chi connectivity index (χ1) is 15.3. The Morgan fingerprint density at radius 2 is 1.09 bits per heavy atom. The molecule has 0 aromatic carbocycles. The zero-order valence-electron chi connectivity index (χ0n) is 24.2. The smallest absolute Gasteiger partial charge is 0.0973 e. The Morgan fingerprint density at radius 1 is 0.688 bits per heavy atom. The third-order valence-electron chi connectivity index (χ3n) is 8.47. The molecule has 4 heteroatoms. The van der Waals surface area contributed by atoms with Crippen molar-refractivity contribution in [1.82, 2.24) is 10.4 Å². The third-order valence-corrected chi connectivity index (χ3v) is 8.47. The van der Waals surface area contributed by atoms with E-state index in [9.17, 15) is 0 Å². The van der Waals surface area contributed by atoms with Gasteiger partial charge in [0, 0.05) is 0 Å². The Hall–Kier alpha value is -0.160. The summed E-state index contributed by atoms with van der Waals surface area (Å²) in [5.41, 5.74) is 2.98. The van der Waals surface area contributed by atoms with Gasteiger partial charge in [-0.1, -0.05) is 81.1 Å². The van der Waals surface area contributed by atoms with E-state index in [1.165, 1.54) is 71.0 Å². The fourth-order valence-corrected chi connectivity index (χ4v) is 5.34. The molecule has 0 saturated heterocycles. The van der Waals surface area contributed by atoms with Crippen LogP contribution in [0.25, 0.3) is 0 Å². The van der Waals surface area contributed by atoms with E-state index in [0.29, 0.717) is 0 Å². The lowest BCUT2D eigenvalue weighted by atomic mass is 9.86. The van der Waals surface area contributed by atoms with E-state index >= 15 is 0 Å². The molecule has 0 aromatic heterocycles. The van der Waals surface area contributed by atoms with Gasteiger partial charge in [0.05, 0.1) is 19.6 Å². The summed E-state index contributed by atoms with van der Waals surface area (Å²) in [6.45, 7) is 30.0. The van der Waals surface area contributed by atoms with Crippen LogP contribution in [0.5, 0.6) is 0 Å². The lowest BCUT2D eigenvalue weighted by Crippen LogP contribution is -2.61. The molecule has 4 nitrogen and oxygen atoms in total. The molecule has 2 unspecified atom stereocenters. The van der Waals surface area contributed by atoms with E-state index in [0.717, 1.165) is 47.9 Å². The lowest BCUT2D eigenvalue weighted by molar-refractivity contribution is -0.968. The van der Waals surface area contributed by atoms with Gasteiger partial charge in [0.15, 0.2) is 0 Å². The first-order valence-corrected chi connectivity index (χ1v) is 14.3. The summed E-state index contributed by atoms with van der Waals surface area (Å²) in [5.74, 6) is 9.28. The highest BCUT2D eigenvalue weighted by molar-refractivity contribution is 4.65. The first kappa shape index (κ1) is 34.0. The van der Waals surface area contributed by atoms with Crippen molar-refractivity contribution < 1.29 is 4.59 Å². The van der Waals surface area contributed by atoms with Gasteiger partial charge in [-0.15, -0.1) is 5.53 Å². The summed E-state index contributed by atoms with van der Waals surface area (Å²) in [4.78, 5) is 2.53. The van der Waals surface area contributed by atoms with Gasteiger partial charge in [-0.2, -0.15) is 0 Å². The molecule has 0 radical (unpaired) electrons. The van der Waals surface area contributed by atoms with Crippen molar-refractivity contribution in [1.29, 1.82) is 0 Å². The second-order valence-corrected chi connectivity index (χ2v) is 10.0. The van der Waals surface area contributed by atoms with E-state index in [1.807, 2.05) is 0 Å². The van der Waals surface area contributed by atoms with Crippen LogP contribution in [0.4, 0.5) is 0 Å². The van der Waals surface area contributed by atoms with E-state index in [-0.39, 0.29) is 0 Å². The van der Waals surface area contributed by atoms with Gasteiger partial charge >= 0.3 is 0 Å². The Balaban J connectivity index is 0. The maximum atomic E-state index is 5.68. The van der Waals surface area contributed by atoms with Crippen molar-refractivity contribution in [2.45, 2.75) is 121 Å². The fraction of sp³-hybridized carbons (Fsp3) is 1.00. The molecule has 2 atom stereocenters. The molecule has 0 heterocycles. The van der Waals surface area contributed by atoms with Crippen LogP contribution in [0.3, 0.4) is 0 Å². The minimum Gasteiger partial charge on any atom is -0.304 e. The Labute approximate surface area is 204 Å². The van der Waals surface area contributed by atoms with Crippen LogP contribution < -0.4 is 11.4 Å². The number of rotatable bonds is 19. The van der Waals surface area contributed by atoms with Gasteiger partial charge < -0.3 is 4.90 Å². The molecule has 0 rings (SSSR count). The quantitative estimate of drug-likeness (QED) is 0.0924. The molecule has 0 bridgehead atoms. The Morgan fingerprint density at radius 3 is 1.41 bits per heavy atom. The molecule has 0 saturated carbocycles. The zero-order chi connectivity index (χ0) is 25.0. The van der Waals surface area contributed by atoms with E-state index in [2.05, 4.69) is 79.7 Å². The number of hydrogen-bond donors (Lipinski definition) is 2. The van der Waals surface area contributed by atoms with E-state index in [4.69, 9.17) is 5.84 Å². The van der Waals surface area contributed by atoms with Crippen molar-refractivity contribution in [2.24, 2.45) is 29.5 Å². The van der Waals surface area contributed by atoms with E-state index in [1.54, 1.807) is 0 Å². The second kappa shape index (κ2) is 21.4. The topological polar surface area (TPSA) is 41.3 Å². The maximum Gasteiger partial charge on any atom is 0.0973 e. The van der Waals surface area contributed by atoms with Crippen LogP contribution >= 0.6 is 0 Å². The molecular formula is C28H65N4+. The molecule has 0 amide bonds. The number of hydrogen-bond acceptors (Lipinski definition) is 3. The van der Waals surface area contributed by atoms with Gasteiger partial charge in [0.25, 0.3) is 0 Å². The SMILES string of the molecule is CCC(CC)C(C)CCC[15N+](CC)(CC)NN.CCC(CC)C(C)CCC[15N](CC)CC. The van der Waals surface area contributed by atoms with Gasteiger partial charge in [0.2, 0.25) is 0 Å². The van der Waals surface area contributed by atoms with Crippen LogP contribution in [0.1, 0.15) is 121 Å². The highest BCUT2D eigenvalue weighted by Crippen LogP contribution is 2.24. The number of nitrogens with zero attached hydrogens (tertiary/aromatic N) is 2. The molecule has 0 aliphatic carbocycles. The molecule has 196 valence electrons. The summed E-state index contributed by atoms with van der Waals surface area (Å²) in [6, 6.07) is 0. The molecule has 0 aromatic rings. The summed E-state index contributed by atoms with van der Waals surface area (Å²) >= 11 is 0. The number of nitrogens with one attached hydrogen (secondary N) is 1. The lowest BCUT2D eigenvalue weighted by Gasteiger charge is -2.34. The molecule has 32 heavy (non-hydrogen) atoms. The van der Waals surface area contributed by atoms with Gasteiger partial charge in [-0.05, 0) is 82.8 Å². The monoisotopic (exact) mass is 460 g/mol. The standard InChI is InChI=1S/C14H34N3.C14H31N/c1-6-14(7-2)13(5)11-10-12-17(8-3,9-4)16-15;1-6-14(7-2)13(5)11-10-12-15(8-3)9-4/h13-14,16H,6-12,15H2,1-5H3;13-14H,6-12H2,1-5H3/q+1;/i17+1;15+1. The van der Waals surface area contributed by atoms with Crippen LogP contribution in [-0.4, -0.2) is 48.8 Å². The zero-order valence-corrected chi connectivity index (χ0v) is 24.2. The summed E-state index contributed by atoms with van der Waals surface area (Å²) in [7, 11) is 0. The highest BCUT2D eigenvalue weighted by atomic mass is 16.3. The van der Waals surface area contributed by atoms with Crippen LogP contribution in [-0.2, 0) is 0 Å². The largest absolute Gasteiger partial charge is 0.304 e. The van der Waals surface area contributed by atoms with Crippen molar-refractivity contribution in [3.63, 3.8) is 0 Å². The summed E-state index contributed by atoms with van der Waals surface area (Å²) < 4.78 is 0.843. The molecule has 0 fully saturated rings. The van der Waals surface area contributed by atoms with Gasteiger partial charge in [0.1, 0.15) is 0 Å². The predicted octanol–water partition coefficient (Wildman–Crippen LogP) is 7.25. The molecule has 0 spiro atoms. The third kappa shape index (κ3) is 14.2. The molecule has 0 aliphatic rings. The Bertz CT molecular complexity index is 363. The summed E-state index contributed by atoms with van der Waals surface area (Å²) in [5, 5.41) is 0. The minimum absolute atomic E-state index is 0.843. The minimum atomic E-state index is 0.843. The molecule has 3 N–H and O–H groups in total. The van der Waals surface area contributed by atoms with Crippen molar-refractivity contribution in [3.05, 3.63) is 0 Å². The normalized spacial score (nSPS) is 14.1. The van der Waals surface area contributed by atoms with Crippen LogP contribution in [0.15, 0.2) is 0 Å². The fourth-order valence-electron chi connectivity index (χ4n) is 5.34. The van der Waals surface area contributed by atoms with Gasteiger partial charge in [-0.25, -0.2) is 10.4 Å². The van der Waals surface area contributed by atoms with Crippen LogP contribution in [0, 0.1) is 23.7 Å². The average molecular weight is 460 g/mol. The van der Waals surface area contributed by atoms with Crippen molar-refractivity contribution in [3.8, 4) is 0 Å². The predicted molar refractivity (Wildman–Crippen MR) is 146 cm³/mol. The molecule has 0 aliphatic heterocycles. The van der Waals surface area contributed by atoms with Crippen molar-refractivity contribution >= 4 is 0 Å². The van der Waals surface area contributed by atoms with Crippen molar-refractivity contribution in [2.75, 3.05) is 39.3 Å².